The highest BCUT2D eigenvalue weighted by Gasteiger charge is 2.18. The standard InChI is InChI=1S/C15H19N3O/c1-10(2)14(15(16)19)17-9-12-8-7-11-5-3-4-6-13(11)18-12/h3-8,10,14,17H,9H2,1-2H3,(H2,16,19). The van der Waals surface area contributed by atoms with Gasteiger partial charge in [0, 0.05) is 11.9 Å². The van der Waals surface area contributed by atoms with Crippen LogP contribution in [0.1, 0.15) is 19.5 Å². The van der Waals surface area contributed by atoms with Gasteiger partial charge in [-0.25, -0.2) is 0 Å². The van der Waals surface area contributed by atoms with Gasteiger partial charge in [-0.05, 0) is 18.1 Å². The van der Waals surface area contributed by atoms with E-state index in [0.29, 0.717) is 6.54 Å². The first kappa shape index (κ1) is 13.5. The van der Waals surface area contributed by atoms with Gasteiger partial charge in [0.15, 0.2) is 0 Å². The second kappa shape index (κ2) is 5.80. The minimum atomic E-state index is -0.326. The molecule has 1 unspecified atom stereocenters. The lowest BCUT2D eigenvalue weighted by Crippen LogP contribution is -2.44. The van der Waals surface area contributed by atoms with E-state index in [1.807, 2.05) is 50.2 Å². The number of hydrogen-bond acceptors (Lipinski definition) is 3. The molecular formula is C15H19N3O. The summed E-state index contributed by atoms with van der Waals surface area (Å²) < 4.78 is 0. The molecule has 0 bridgehead atoms. The van der Waals surface area contributed by atoms with Crippen LogP contribution in [0, 0.1) is 5.92 Å². The Morgan fingerprint density at radius 2 is 2.00 bits per heavy atom. The molecule has 0 spiro atoms. The van der Waals surface area contributed by atoms with E-state index in [2.05, 4.69) is 10.3 Å². The third kappa shape index (κ3) is 3.29. The third-order valence-corrected chi connectivity index (χ3v) is 3.13. The van der Waals surface area contributed by atoms with Crippen molar-refractivity contribution in [3.63, 3.8) is 0 Å². The van der Waals surface area contributed by atoms with Crippen LogP contribution in [0.5, 0.6) is 0 Å². The van der Waals surface area contributed by atoms with Crippen molar-refractivity contribution in [3.8, 4) is 0 Å². The summed E-state index contributed by atoms with van der Waals surface area (Å²) in [4.78, 5) is 15.9. The number of nitrogens with two attached hydrogens (primary N) is 1. The van der Waals surface area contributed by atoms with Crippen molar-refractivity contribution in [2.45, 2.75) is 26.4 Å². The molecule has 0 aliphatic rings. The van der Waals surface area contributed by atoms with E-state index >= 15 is 0 Å². The Morgan fingerprint density at radius 3 is 2.68 bits per heavy atom. The summed E-state index contributed by atoms with van der Waals surface area (Å²) >= 11 is 0. The monoisotopic (exact) mass is 257 g/mol. The number of benzene rings is 1. The van der Waals surface area contributed by atoms with E-state index in [0.717, 1.165) is 16.6 Å². The second-order valence-corrected chi connectivity index (χ2v) is 5.00. The van der Waals surface area contributed by atoms with Gasteiger partial charge in [0.1, 0.15) is 0 Å². The molecule has 100 valence electrons. The number of carbonyl (C=O) groups is 1. The van der Waals surface area contributed by atoms with Gasteiger partial charge < -0.3 is 5.73 Å². The molecule has 4 nitrogen and oxygen atoms in total. The van der Waals surface area contributed by atoms with Crippen LogP contribution in [0.15, 0.2) is 36.4 Å². The topological polar surface area (TPSA) is 68.0 Å². The molecule has 4 heteroatoms. The zero-order valence-electron chi connectivity index (χ0n) is 11.3. The average molecular weight is 257 g/mol. The quantitative estimate of drug-likeness (QED) is 0.858. The van der Waals surface area contributed by atoms with Crippen molar-refractivity contribution in [2.75, 3.05) is 0 Å². The molecule has 0 aliphatic heterocycles. The van der Waals surface area contributed by atoms with Crippen LogP contribution in [0.2, 0.25) is 0 Å². The summed E-state index contributed by atoms with van der Waals surface area (Å²) in [5.41, 5.74) is 7.24. The molecule has 2 aromatic rings. The van der Waals surface area contributed by atoms with Crippen molar-refractivity contribution in [2.24, 2.45) is 11.7 Å². The van der Waals surface area contributed by atoms with E-state index in [1.54, 1.807) is 0 Å². The van der Waals surface area contributed by atoms with Crippen LogP contribution in [0.25, 0.3) is 10.9 Å². The van der Waals surface area contributed by atoms with Crippen molar-refractivity contribution in [1.29, 1.82) is 0 Å². The molecule has 0 aliphatic carbocycles. The molecule has 3 N–H and O–H groups in total. The van der Waals surface area contributed by atoms with Crippen LogP contribution in [0.4, 0.5) is 0 Å². The smallest absolute Gasteiger partial charge is 0.234 e. The summed E-state index contributed by atoms with van der Waals surface area (Å²) in [6.45, 7) is 4.48. The maximum atomic E-state index is 11.3. The summed E-state index contributed by atoms with van der Waals surface area (Å²) in [6, 6.07) is 11.6. The fourth-order valence-electron chi connectivity index (χ4n) is 2.09. The fourth-order valence-corrected chi connectivity index (χ4v) is 2.09. The Bertz CT molecular complexity index is 580. The number of nitrogens with one attached hydrogen (secondary N) is 1. The highest BCUT2D eigenvalue weighted by Crippen LogP contribution is 2.12. The number of amides is 1. The molecule has 1 aromatic heterocycles. The van der Waals surface area contributed by atoms with E-state index in [9.17, 15) is 4.79 Å². The van der Waals surface area contributed by atoms with E-state index in [4.69, 9.17) is 5.73 Å². The highest BCUT2D eigenvalue weighted by atomic mass is 16.1. The minimum absolute atomic E-state index is 0.165. The SMILES string of the molecule is CC(C)C(NCc1ccc2ccccc2n1)C(N)=O. The summed E-state index contributed by atoms with van der Waals surface area (Å²) in [6.07, 6.45) is 0. The molecule has 0 saturated carbocycles. The minimum Gasteiger partial charge on any atom is -0.368 e. The molecule has 1 atom stereocenters. The first-order valence-electron chi connectivity index (χ1n) is 6.45. The van der Waals surface area contributed by atoms with Gasteiger partial charge in [0.25, 0.3) is 0 Å². The molecule has 1 heterocycles. The number of para-hydroxylation sites is 1. The molecule has 0 radical (unpaired) electrons. The lowest BCUT2D eigenvalue weighted by atomic mass is 10.0. The largest absolute Gasteiger partial charge is 0.368 e. The van der Waals surface area contributed by atoms with Crippen LogP contribution >= 0.6 is 0 Å². The van der Waals surface area contributed by atoms with Crippen molar-refractivity contribution in [3.05, 3.63) is 42.1 Å². The summed E-state index contributed by atoms with van der Waals surface area (Å²) in [5, 5.41) is 4.28. The molecular weight excluding hydrogens is 238 g/mol. The molecule has 1 aromatic carbocycles. The maximum Gasteiger partial charge on any atom is 0.234 e. The third-order valence-electron chi connectivity index (χ3n) is 3.13. The van der Waals surface area contributed by atoms with E-state index in [-0.39, 0.29) is 17.9 Å². The number of carbonyl (C=O) groups excluding carboxylic acids is 1. The zero-order valence-corrected chi connectivity index (χ0v) is 11.3. The van der Waals surface area contributed by atoms with Gasteiger partial charge in [-0.15, -0.1) is 0 Å². The number of fused-ring (bicyclic) bond motifs is 1. The fraction of sp³-hybridized carbons (Fsp3) is 0.333. The van der Waals surface area contributed by atoms with Crippen LogP contribution in [0.3, 0.4) is 0 Å². The van der Waals surface area contributed by atoms with Gasteiger partial charge in [0.05, 0.1) is 17.3 Å². The number of pyridine rings is 1. The maximum absolute atomic E-state index is 11.3. The predicted octanol–water partition coefficient (Wildman–Crippen LogP) is 1.83. The molecule has 19 heavy (non-hydrogen) atoms. The first-order chi connectivity index (χ1) is 9.08. The van der Waals surface area contributed by atoms with E-state index < -0.39 is 0 Å². The summed E-state index contributed by atoms with van der Waals surface area (Å²) in [5.74, 6) is -0.159. The first-order valence-corrected chi connectivity index (χ1v) is 6.45. The zero-order chi connectivity index (χ0) is 13.8. The van der Waals surface area contributed by atoms with Gasteiger partial charge in [-0.2, -0.15) is 0 Å². The average Bonchev–Trinajstić information content (AvgIpc) is 2.38. The predicted molar refractivity (Wildman–Crippen MR) is 76.4 cm³/mol. The Kier molecular flexibility index (Phi) is 4.12. The Labute approximate surface area is 113 Å². The number of primary amides is 1. The van der Waals surface area contributed by atoms with Crippen LogP contribution in [-0.2, 0) is 11.3 Å². The molecule has 1 amide bonds. The number of aromatic nitrogens is 1. The van der Waals surface area contributed by atoms with Crippen molar-refractivity contribution in [1.82, 2.24) is 10.3 Å². The van der Waals surface area contributed by atoms with Crippen LogP contribution in [-0.4, -0.2) is 16.9 Å². The summed E-state index contributed by atoms with van der Waals surface area (Å²) in [7, 11) is 0. The van der Waals surface area contributed by atoms with E-state index in [1.165, 1.54) is 0 Å². The Hall–Kier alpha value is -1.94. The number of hydrogen-bond donors (Lipinski definition) is 2. The van der Waals surface area contributed by atoms with Gasteiger partial charge in [-0.1, -0.05) is 38.1 Å². The van der Waals surface area contributed by atoms with Gasteiger partial charge in [0.2, 0.25) is 5.91 Å². The molecule has 0 fully saturated rings. The number of rotatable bonds is 5. The van der Waals surface area contributed by atoms with Crippen molar-refractivity contribution < 1.29 is 4.79 Å². The highest BCUT2D eigenvalue weighted by molar-refractivity contribution is 5.80. The van der Waals surface area contributed by atoms with Crippen molar-refractivity contribution >= 4 is 16.8 Å². The normalized spacial score (nSPS) is 12.8. The van der Waals surface area contributed by atoms with Gasteiger partial charge in [-0.3, -0.25) is 15.1 Å². The van der Waals surface area contributed by atoms with Gasteiger partial charge >= 0.3 is 0 Å². The van der Waals surface area contributed by atoms with Crippen LogP contribution < -0.4 is 11.1 Å². The Balaban J connectivity index is 2.11. The number of nitrogens with zero attached hydrogens (tertiary/aromatic N) is 1. The lowest BCUT2D eigenvalue weighted by molar-refractivity contribution is -0.121. The lowest BCUT2D eigenvalue weighted by Gasteiger charge is -2.18. The Morgan fingerprint density at radius 1 is 1.26 bits per heavy atom. The molecule has 0 saturated heterocycles. The second-order valence-electron chi connectivity index (χ2n) is 5.00. The molecule has 2 rings (SSSR count).